The van der Waals surface area contributed by atoms with E-state index in [2.05, 4.69) is 15.5 Å². The summed E-state index contributed by atoms with van der Waals surface area (Å²) in [6.45, 7) is 3.01. The van der Waals surface area contributed by atoms with Crippen LogP contribution in [0.3, 0.4) is 0 Å². The highest BCUT2D eigenvalue weighted by atomic mass is 19.1. The number of ketones is 1. The van der Waals surface area contributed by atoms with Crippen molar-refractivity contribution in [3.05, 3.63) is 71.1 Å². The zero-order valence-corrected chi connectivity index (χ0v) is 22.1. The Bertz CT molecular complexity index is 1210. The zero-order chi connectivity index (χ0) is 28.1. The van der Waals surface area contributed by atoms with Crippen LogP contribution in [0.2, 0.25) is 0 Å². The summed E-state index contributed by atoms with van der Waals surface area (Å²) in [5.74, 6) is -1.37. The van der Waals surface area contributed by atoms with Gasteiger partial charge < -0.3 is 24.6 Å². The number of carbonyl (C=O) groups is 3. The van der Waals surface area contributed by atoms with Crippen molar-refractivity contribution in [3.8, 4) is 0 Å². The topological polar surface area (TPSA) is 126 Å². The van der Waals surface area contributed by atoms with Gasteiger partial charge in [-0.2, -0.15) is 0 Å². The van der Waals surface area contributed by atoms with Crippen LogP contribution in [0.25, 0.3) is 0 Å². The smallest absolute Gasteiger partial charge is 0.407 e. The molecule has 0 aromatic heterocycles. The predicted octanol–water partition coefficient (Wildman–Crippen LogP) is 2.02. The predicted molar refractivity (Wildman–Crippen MR) is 142 cm³/mol. The molecule has 2 saturated heterocycles. The van der Waals surface area contributed by atoms with Crippen molar-refractivity contribution in [1.29, 1.82) is 0 Å². The van der Waals surface area contributed by atoms with Crippen LogP contribution >= 0.6 is 0 Å². The summed E-state index contributed by atoms with van der Waals surface area (Å²) in [4.78, 5) is 41.0. The summed E-state index contributed by atoms with van der Waals surface area (Å²) in [5.41, 5.74) is -0.0840. The second-order valence-corrected chi connectivity index (χ2v) is 10.4. The van der Waals surface area contributed by atoms with Crippen molar-refractivity contribution < 1.29 is 38.1 Å². The number of nitrogens with zero attached hydrogens (tertiary/aromatic N) is 1. The quantitative estimate of drug-likeness (QED) is 0.392. The summed E-state index contributed by atoms with van der Waals surface area (Å²) >= 11 is 0. The summed E-state index contributed by atoms with van der Waals surface area (Å²) < 4.78 is 31.2. The number of Topliss-reactive ketones (excluding diaryl/α,β-unsaturated/α-hetero) is 1. The maximum absolute atomic E-state index is 14.8. The van der Waals surface area contributed by atoms with Crippen LogP contribution in [-0.4, -0.2) is 92.2 Å². The monoisotopic (exact) mass is 555 g/mol. The molecule has 1 aliphatic carbocycles. The Labute approximate surface area is 231 Å². The van der Waals surface area contributed by atoms with E-state index in [1.807, 2.05) is 0 Å². The van der Waals surface area contributed by atoms with E-state index in [9.17, 15) is 23.9 Å². The number of alkyl carbamates (subject to hydrolysis) is 1. The summed E-state index contributed by atoms with van der Waals surface area (Å²) in [6.07, 6.45) is 2.04. The zero-order valence-electron chi connectivity index (χ0n) is 22.1. The fourth-order valence-corrected chi connectivity index (χ4v) is 5.91. The lowest BCUT2D eigenvalue weighted by Gasteiger charge is -2.42. The van der Waals surface area contributed by atoms with Crippen LogP contribution in [0.1, 0.15) is 29.6 Å². The first-order valence-corrected chi connectivity index (χ1v) is 13.6. The minimum atomic E-state index is -1.30. The van der Waals surface area contributed by atoms with Crippen molar-refractivity contribution in [2.75, 3.05) is 46.0 Å². The van der Waals surface area contributed by atoms with Gasteiger partial charge in [0.1, 0.15) is 24.8 Å². The van der Waals surface area contributed by atoms with Gasteiger partial charge in [-0.05, 0) is 30.2 Å². The average Bonchev–Trinajstić information content (AvgIpc) is 3.40. The number of benzene rings is 1. The number of ether oxygens (including phenoxy) is 3. The molecule has 1 aromatic carbocycles. The van der Waals surface area contributed by atoms with Crippen LogP contribution in [0.15, 0.2) is 65.5 Å². The van der Waals surface area contributed by atoms with Gasteiger partial charge in [0, 0.05) is 50.0 Å². The number of esters is 1. The molecule has 10 nitrogen and oxygen atoms in total. The van der Waals surface area contributed by atoms with E-state index in [0.717, 1.165) is 0 Å². The second kappa shape index (κ2) is 12.4. The van der Waals surface area contributed by atoms with Gasteiger partial charge in [0.15, 0.2) is 5.78 Å². The van der Waals surface area contributed by atoms with E-state index in [-0.39, 0.29) is 25.0 Å². The fourth-order valence-electron chi connectivity index (χ4n) is 5.91. The van der Waals surface area contributed by atoms with Gasteiger partial charge in [0.05, 0.1) is 24.8 Å². The highest BCUT2D eigenvalue weighted by Gasteiger charge is 2.49. The molecule has 0 bridgehead atoms. The lowest BCUT2D eigenvalue weighted by atomic mass is 9.65. The van der Waals surface area contributed by atoms with Crippen LogP contribution in [0, 0.1) is 5.41 Å². The number of aliphatic hydroxyl groups is 1. The second-order valence-electron chi connectivity index (χ2n) is 10.4. The molecule has 3 aliphatic heterocycles. The van der Waals surface area contributed by atoms with Gasteiger partial charge >= 0.3 is 12.1 Å². The number of cyclic esters (lactones) is 1. The third-order valence-corrected chi connectivity index (χ3v) is 7.86. The lowest BCUT2D eigenvalue weighted by Crippen LogP contribution is -2.50. The van der Waals surface area contributed by atoms with E-state index in [0.29, 0.717) is 57.0 Å². The highest BCUT2D eigenvalue weighted by Crippen LogP contribution is 2.47. The largest absolute Gasteiger partial charge is 0.457 e. The molecule has 214 valence electrons. The molecule has 40 heavy (non-hydrogen) atoms. The van der Waals surface area contributed by atoms with Gasteiger partial charge in [-0.15, -0.1) is 0 Å². The molecular formula is C29H34FN3O7. The Balaban J connectivity index is 1.46. The molecule has 3 heterocycles. The van der Waals surface area contributed by atoms with Gasteiger partial charge in [-0.25, -0.2) is 14.0 Å². The fraction of sp³-hybridized carbons (Fsp3) is 0.483. The molecule has 4 aliphatic rings. The van der Waals surface area contributed by atoms with E-state index in [4.69, 9.17) is 14.2 Å². The van der Waals surface area contributed by atoms with Crippen molar-refractivity contribution in [2.24, 2.45) is 5.41 Å². The SMILES string of the molecule is O=C1NC(C2(C3=C(C(=O)CC(CN4CCOCC4)OC(=O)c4ccccc4)[C@H](O)NCC3)C=CC=C(F)C2)CO1. The number of carbonyl (C=O) groups excluding carboxylic acids is 3. The number of aliphatic hydroxyl groups excluding tert-OH is 1. The Hall–Kier alpha value is -3.38. The van der Waals surface area contributed by atoms with E-state index in [1.165, 1.54) is 6.08 Å². The van der Waals surface area contributed by atoms with E-state index < -0.39 is 47.5 Å². The van der Waals surface area contributed by atoms with Crippen molar-refractivity contribution in [3.63, 3.8) is 0 Å². The van der Waals surface area contributed by atoms with Crippen molar-refractivity contribution >= 4 is 17.8 Å². The molecule has 0 saturated carbocycles. The average molecular weight is 556 g/mol. The molecule has 1 aromatic rings. The molecule has 1 amide bonds. The third kappa shape index (κ3) is 6.17. The third-order valence-electron chi connectivity index (χ3n) is 7.86. The molecule has 5 rings (SSSR count). The van der Waals surface area contributed by atoms with Crippen LogP contribution in [0.5, 0.6) is 0 Å². The number of allylic oxidation sites excluding steroid dienone is 3. The van der Waals surface area contributed by atoms with Gasteiger partial charge in [0.2, 0.25) is 0 Å². The maximum atomic E-state index is 14.8. The Morgan fingerprint density at radius 2 is 2.00 bits per heavy atom. The van der Waals surface area contributed by atoms with Gasteiger partial charge in [0.25, 0.3) is 0 Å². The molecule has 3 unspecified atom stereocenters. The van der Waals surface area contributed by atoms with Gasteiger partial charge in [-0.3, -0.25) is 15.0 Å². The summed E-state index contributed by atoms with van der Waals surface area (Å²) in [7, 11) is 0. The number of nitrogens with one attached hydrogen (secondary N) is 2. The Morgan fingerprint density at radius 1 is 1.23 bits per heavy atom. The van der Waals surface area contributed by atoms with Crippen molar-refractivity contribution in [2.45, 2.75) is 37.6 Å². The molecule has 11 heteroatoms. The molecule has 2 fully saturated rings. The number of hydrogen-bond donors (Lipinski definition) is 3. The maximum Gasteiger partial charge on any atom is 0.407 e. The highest BCUT2D eigenvalue weighted by molar-refractivity contribution is 5.98. The molecular weight excluding hydrogens is 521 g/mol. The first-order valence-electron chi connectivity index (χ1n) is 13.6. The minimum Gasteiger partial charge on any atom is -0.457 e. The summed E-state index contributed by atoms with van der Waals surface area (Å²) in [5, 5.41) is 16.7. The number of morpholine rings is 1. The number of amides is 1. The van der Waals surface area contributed by atoms with E-state index in [1.54, 1.807) is 42.5 Å². The summed E-state index contributed by atoms with van der Waals surface area (Å²) in [6, 6.07) is 7.92. The van der Waals surface area contributed by atoms with Crippen molar-refractivity contribution in [1.82, 2.24) is 15.5 Å². The molecule has 0 spiro atoms. The minimum absolute atomic E-state index is 0.000702. The lowest BCUT2D eigenvalue weighted by molar-refractivity contribution is -0.119. The Kier molecular flexibility index (Phi) is 8.75. The Morgan fingerprint density at radius 3 is 2.70 bits per heavy atom. The van der Waals surface area contributed by atoms with Crippen LogP contribution in [-0.2, 0) is 19.0 Å². The standard InChI is InChI=1S/C29H34FN3O7/c30-20-7-4-9-29(16-20,24-18-39-28(37)32-24)22-8-10-31-26(35)25(22)23(34)15-21(17-33-11-13-38-14-12-33)40-27(36)19-5-2-1-3-6-19/h1-7,9,21,24,26,31,35H,8,10-18H2,(H,32,37)/t21?,24?,26-,29?/m0/s1. The molecule has 4 atom stereocenters. The number of hydrogen-bond acceptors (Lipinski definition) is 9. The first kappa shape index (κ1) is 28.2. The van der Waals surface area contributed by atoms with Crippen LogP contribution < -0.4 is 10.6 Å². The van der Waals surface area contributed by atoms with Crippen LogP contribution in [0.4, 0.5) is 9.18 Å². The first-order chi connectivity index (χ1) is 19.4. The number of rotatable bonds is 9. The molecule has 0 radical (unpaired) electrons. The number of halogens is 1. The van der Waals surface area contributed by atoms with Gasteiger partial charge in [-0.1, -0.05) is 30.4 Å². The van der Waals surface area contributed by atoms with E-state index >= 15 is 0 Å². The molecule has 3 N–H and O–H groups in total. The normalized spacial score (nSPS) is 27.9.